The van der Waals surface area contributed by atoms with E-state index < -0.39 is 0 Å². The van der Waals surface area contributed by atoms with Gasteiger partial charge in [-0.05, 0) is 36.3 Å². The largest absolute Gasteiger partial charge is 0.354 e. The Balaban J connectivity index is 1.70. The lowest BCUT2D eigenvalue weighted by Gasteiger charge is -2.11. The van der Waals surface area contributed by atoms with Crippen LogP contribution in [0.5, 0.6) is 0 Å². The van der Waals surface area contributed by atoms with Gasteiger partial charge in [0.25, 0.3) is 0 Å². The van der Waals surface area contributed by atoms with Crippen LogP contribution in [-0.4, -0.2) is 31.0 Å². The molecule has 1 aliphatic rings. The molecule has 20 heavy (non-hydrogen) atoms. The molecule has 6 nitrogen and oxygen atoms in total. The van der Waals surface area contributed by atoms with E-state index in [1.807, 2.05) is 0 Å². The second-order valence-corrected chi connectivity index (χ2v) is 5.70. The zero-order chi connectivity index (χ0) is 13.9. The van der Waals surface area contributed by atoms with Crippen molar-refractivity contribution in [2.75, 3.05) is 11.9 Å². The molecule has 1 saturated carbocycles. The third-order valence-electron chi connectivity index (χ3n) is 3.68. The van der Waals surface area contributed by atoms with E-state index in [-0.39, 0.29) is 5.28 Å². The minimum atomic E-state index is 0.186. The fourth-order valence-electron chi connectivity index (χ4n) is 2.66. The van der Waals surface area contributed by atoms with Gasteiger partial charge in [0, 0.05) is 18.9 Å². The summed E-state index contributed by atoms with van der Waals surface area (Å²) in [5, 5.41) is 3.46. The predicted molar refractivity (Wildman–Crippen MR) is 77.0 cm³/mol. The van der Waals surface area contributed by atoms with Gasteiger partial charge in [0.1, 0.15) is 6.33 Å². The van der Waals surface area contributed by atoms with Crippen molar-refractivity contribution >= 4 is 17.5 Å². The van der Waals surface area contributed by atoms with Crippen LogP contribution in [0, 0.1) is 11.8 Å². The van der Waals surface area contributed by atoms with Gasteiger partial charge in [-0.1, -0.05) is 13.3 Å². The monoisotopic (exact) mass is 292 g/mol. The molecule has 1 aliphatic carbocycles. The fraction of sp³-hybridized carbons (Fsp3) is 0.538. The van der Waals surface area contributed by atoms with E-state index in [1.54, 1.807) is 23.3 Å². The van der Waals surface area contributed by atoms with Gasteiger partial charge >= 0.3 is 0 Å². The summed E-state index contributed by atoms with van der Waals surface area (Å²) in [6.45, 7) is 3.19. The number of aromatic nitrogens is 5. The Bertz CT molecular complexity index is 570. The second-order valence-electron chi connectivity index (χ2n) is 5.36. The average molecular weight is 293 g/mol. The molecule has 106 valence electrons. The molecule has 0 aromatic carbocycles. The summed E-state index contributed by atoms with van der Waals surface area (Å²) in [4.78, 5) is 16.6. The maximum atomic E-state index is 5.95. The van der Waals surface area contributed by atoms with E-state index in [9.17, 15) is 0 Å². The Kier molecular flexibility index (Phi) is 3.82. The average Bonchev–Trinajstić information content (AvgIpc) is 3.07. The van der Waals surface area contributed by atoms with Crippen molar-refractivity contribution in [2.45, 2.75) is 26.2 Å². The molecule has 2 unspecified atom stereocenters. The highest BCUT2D eigenvalue weighted by Crippen LogP contribution is 2.30. The lowest BCUT2D eigenvalue weighted by atomic mass is 10.1. The molecule has 2 heterocycles. The number of imidazole rings is 1. The molecule has 2 aromatic rings. The Hall–Kier alpha value is -1.69. The minimum Gasteiger partial charge on any atom is -0.354 e. The van der Waals surface area contributed by atoms with E-state index in [0.717, 1.165) is 12.5 Å². The molecule has 3 rings (SSSR count). The first-order valence-corrected chi connectivity index (χ1v) is 7.22. The summed E-state index contributed by atoms with van der Waals surface area (Å²) >= 11 is 5.95. The zero-order valence-electron chi connectivity index (χ0n) is 11.3. The van der Waals surface area contributed by atoms with Crippen LogP contribution < -0.4 is 5.32 Å². The van der Waals surface area contributed by atoms with Gasteiger partial charge in [-0.25, -0.2) is 4.98 Å². The zero-order valence-corrected chi connectivity index (χ0v) is 12.1. The summed E-state index contributed by atoms with van der Waals surface area (Å²) in [6.07, 6.45) is 8.92. The van der Waals surface area contributed by atoms with Gasteiger partial charge in [0.15, 0.2) is 0 Å². The van der Waals surface area contributed by atoms with Crippen molar-refractivity contribution in [2.24, 2.45) is 11.8 Å². The highest BCUT2D eigenvalue weighted by Gasteiger charge is 2.21. The van der Waals surface area contributed by atoms with Gasteiger partial charge in [-0.15, -0.1) is 0 Å². The molecule has 0 radical (unpaired) electrons. The quantitative estimate of drug-likeness (QED) is 0.938. The van der Waals surface area contributed by atoms with E-state index in [0.29, 0.717) is 17.8 Å². The van der Waals surface area contributed by atoms with Crippen molar-refractivity contribution in [1.29, 1.82) is 0 Å². The number of halogens is 1. The Morgan fingerprint density at radius 2 is 2.25 bits per heavy atom. The van der Waals surface area contributed by atoms with Crippen molar-refractivity contribution < 1.29 is 0 Å². The molecule has 2 atom stereocenters. The maximum absolute atomic E-state index is 5.95. The smallest absolute Gasteiger partial charge is 0.241 e. The van der Waals surface area contributed by atoms with Crippen LogP contribution in [-0.2, 0) is 0 Å². The molecular weight excluding hydrogens is 276 g/mol. The molecule has 0 bridgehead atoms. The van der Waals surface area contributed by atoms with Gasteiger partial charge in [0.2, 0.25) is 17.2 Å². The van der Waals surface area contributed by atoms with E-state index >= 15 is 0 Å². The van der Waals surface area contributed by atoms with Gasteiger partial charge in [0.05, 0.1) is 0 Å². The van der Waals surface area contributed by atoms with E-state index in [1.165, 1.54) is 19.3 Å². The summed E-state index contributed by atoms with van der Waals surface area (Å²) in [5.41, 5.74) is 0. The van der Waals surface area contributed by atoms with Gasteiger partial charge in [-0.3, -0.25) is 4.57 Å². The van der Waals surface area contributed by atoms with Crippen LogP contribution in [0.25, 0.3) is 5.95 Å². The Morgan fingerprint density at radius 1 is 1.35 bits per heavy atom. The molecule has 0 spiro atoms. The Morgan fingerprint density at radius 3 is 2.95 bits per heavy atom. The number of nitrogens with one attached hydrogen (secondary N) is 1. The number of rotatable bonds is 4. The third-order valence-corrected chi connectivity index (χ3v) is 3.85. The predicted octanol–water partition coefficient (Wildman–Crippen LogP) is 2.56. The first kappa shape index (κ1) is 13.3. The molecule has 1 fully saturated rings. The topological polar surface area (TPSA) is 68.5 Å². The van der Waals surface area contributed by atoms with Crippen LogP contribution in [0.2, 0.25) is 5.28 Å². The molecule has 7 heteroatoms. The lowest BCUT2D eigenvalue weighted by Crippen LogP contribution is -2.15. The van der Waals surface area contributed by atoms with Crippen LogP contribution in [0.15, 0.2) is 18.7 Å². The number of hydrogen-bond acceptors (Lipinski definition) is 5. The van der Waals surface area contributed by atoms with E-state index in [2.05, 4.69) is 32.2 Å². The lowest BCUT2D eigenvalue weighted by molar-refractivity contribution is 0.535. The Labute approximate surface area is 122 Å². The van der Waals surface area contributed by atoms with Crippen molar-refractivity contribution in [1.82, 2.24) is 24.5 Å². The van der Waals surface area contributed by atoms with Crippen LogP contribution in [0.1, 0.15) is 26.2 Å². The number of anilines is 1. The second kappa shape index (κ2) is 5.75. The minimum absolute atomic E-state index is 0.186. The molecule has 2 aromatic heterocycles. The van der Waals surface area contributed by atoms with Crippen LogP contribution in [0.4, 0.5) is 5.95 Å². The van der Waals surface area contributed by atoms with Crippen LogP contribution in [0.3, 0.4) is 0 Å². The molecule has 0 aliphatic heterocycles. The molecular formula is C13H17ClN6. The molecule has 0 saturated heterocycles. The first-order chi connectivity index (χ1) is 9.70. The summed E-state index contributed by atoms with van der Waals surface area (Å²) in [7, 11) is 0. The summed E-state index contributed by atoms with van der Waals surface area (Å²) < 4.78 is 1.70. The highest BCUT2D eigenvalue weighted by atomic mass is 35.5. The standard InChI is InChI=1S/C13H17ClN6/c1-9-2-3-10(6-9)7-16-12-17-11(14)18-13(19-12)20-5-4-15-8-20/h4-5,8-10H,2-3,6-7H2,1H3,(H,16,17,18,19). The normalized spacial score (nSPS) is 22.1. The van der Waals surface area contributed by atoms with Gasteiger partial charge < -0.3 is 5.32 Å². The van der Waals surface area contributed by atoms with Gasteiger partial charge in [-0.2, -0.15) is 15.0 Å². The van der Waals surface area contributed by atoms with Crippen molar-refractivity contribution in [3.63, 3.8) is 0 Å². The van der Waals surface area contributed by atoms with Crippen molar-refractivity contribution in [3.8, 4) is 5.95 Å². The number of nitrogens with zero attached hydrogens (tertiary/aromatic N) is 5. The highest BCUT2D eigenvalue weighted by molar-refractivity contribution is 6.28. The fourth-order valence-corrected chi connectivity index (χ4v) is 2.81. The first-order valence-electron chi connectivity index (χ1n) is 6.84. The SMILES string of the molecule is CC1CCC(CNc2nc(Cl)nc(-n3ccnc3)n2)C1. The number of hydrogen-bond donors (Lipinski definition) is 1. The molecule has 1 N–H and O–H groups in total. The van der Waals surface area contributed by atoms with E-state index in [4.69, 9.17) is 11.6 Å². The van der Waals surface area contributed by atoms with Crippen molar-refractivity contribution in [3.05, 3.63) is 24.0 Å². The summed E-state index contributed by atoms with van der Waals surface area (Å²) in [5.74, 6) is 2.51. The summed E-state index contributed by atoms with van der Waals surface area (Å²) in [6, 6.07) is 0. The maximum Gasteiger partial charge on any atom is 0.241 e. The molecule has 0 amide bonds. The third kappa shape index (κ3) is 3.07. The van der Waals surface area contributed by atoms with Crippen LogP contribution >= 0.6 is 11.6 Å².